The molecule has 3 heterocycles. The Morgan fingerprint density at radius 3 is 2.33 bits per heavy atom. The van der Waals surface area contributed by atoms with Crippen LogP contribution in [0.2, 0.25) is 0 Å². The second-order valence-electron chi connectivity index (χ2n) is 7.85. The van der Waals surface area contributed by atoms with Crippen LogP contribution in [-0.4, -0.2) is 70.1 Å². The molecule has 0 spiro atoms. The van der Waals surface area contributed by atoms with Gasteiger partial charge in [-0.1, -0.05) is 12.1 Å². The average Bonchev–Trinajstić information content (AvgIpc) is 3.36. The van der Waals surface area contributed by atoms with E-state index in [1.165, 1.54) is 11.3 Å². The first kappa shape index (κ1) is 20.5. The molecule has 2 aliphatic heterocycles. The Morgan fingerprint density at radius 1 is 1.03 bits per heavy atom. The van der Waals surface area contributed by atoms with Crippen LogP contribution in [0.1, 0.15) is 39.5 Å². The van der Waals surface area contributed by atoms with Crippen LogP contribution >= 0.6 is 11.3 Å². The third-order valence-electron chi connectivity index (χ3n) is 5.63. The van der Waals surface area contributed by atoms with Crippen molar-refractivity contribution in [1.82, 2.24) is 19.7 Å². The largest absolute Gasteiger partial charge is 0.339 e. The first-order valence-corrected chi connectivity index (χ1v) is 11.2. The number of hydrogen-bond acceptors (Lipinski definition) is 5. The highest BCUT2D eigenvalue weighted by atomic mass is 32.1. The number of carbonyl (C=O) groups excluding carboxylic acids is 3. The molecule has 1 aromatic heterocycles. The predicted octanol–water partition coefficient (Wildman–Crippen LogP) is 2.10. The van der Waals surface area contributed by atoms with E-state index in [0.717, 1.165) is 29.2 Å². The summed E-state index contributed by atoms with van der Waals surface area (Å²) in [5, 5.41) is 2.79. The number of likely N-dealkylation sites (tertiary alicyclic amines) is 1. The van der Waals surface area contributed by atoms with Crippen molar-refractivity contribution in [2.75, 3.05) is 32.7 Å². The number of thiazole rings is 1. The van der Waals surface area contributed by atoms with Crippen LogP contribution in [0.4, 0.5) is 0 Å². The van der Waals surface area contributed by atoms with E-state index in [9.17, 15) is 14.4 Å². The zero-order valence-electron chi connectivity index (χ0n) is 17.2. The molecule has 7 nitrogen and oxygen atoms in total. The Bertz CT molecular complexity index is 932. The molecule has 2 saturated heterocycles. The smallest absolute Gasteiger partial charge is 0.253 e. The number of amides is 3. The normalized spacial score (nSPS) is 17.0. The van der Waals surface area contributed by atoms with E-state index in [0.29, 0.717) is 51.1 Å². The number of rotatable bonds is 5. The van der Waals surface area contributed by atoms with E-state index < -0.39 is 0 Å². The van der Waals surface area contributed by atoms with E-state index in [1.54, 1.807) is 4.90 Å². The van der Waals surface area contributed by atoms with Crippen LogP contribution in [0.25, 0.3) is 0 Å². The number of aryl methyl sites for hydroxylation is 1. The van der Waals surface area contributed by atoms with Crippen molar-refractivity contribution in [3.63, 3.8) is 0 Å². The number of hydrogen-bond donors (Lipinski definition) is 0. The average molecular weight is 427 g/mol. The molecule has 0 atom stereocenters. The summed E-state index contributed by atoms with van der Waals surface area (Å²) in [7, 11) is 0. The summed E-state index contributed by atoms with van der Waals surface area (Å²) in [6.45, 7) is 5.50. The highest BCUT2D eigenvalue weighted by molar-refractivity contribution is 7.09. The molecule has 2 fully saturated rings. The highest BCUT2D eigenvalue weighted by Gasteiger charge is 2.25. The third-order valence-corrected chi connectivity index (χ3v) is 6.60. The maximum Gasteiger partial charge on any atom is 0.253 e. The molecule has 0 radical (unpaired) electrons. The van der Waals surface area contributed by atoms with Gasteiger partial charge < -0.3 is 14.7 Å². The fraction of sp³-hybridized carbons (Fsp3) is 0.455. The molecule has 1 aromatic carbocycles. The monoisotopic (exact) mass is 426 g/mol. The molecule has 0 aliphatic carbocycles. The van der Waals surface area contributed by atoms with Crippen molar-refractivity contribution in [2.45, 2.75) is 32.7 Å². The highest BCUT2D eigenvalue weighted by Crippen LogP contribution is 2.17. The number of carbonyl (C=O) groups is 3. The van der Waals surface area contributed by atoms with Crippen molar-refractivity contribution < 1.29 is 14.4 Å². The lowest BCUT2D eigenvalue weighted by Crippen LogP contribution is -2.51. The van der Waals surface area contributed by atoms with E-state index in [4.69, 9.17) is 0 Å². The molecular weight excluding hydrogens is 400 g/mol. The molecule has 0 saturated carbocycles. The summed E-state index contributed by atoms with van der Waals surface area (Å²) in [4.78, 5) is 46.9. The standard InChI is InChI=1S/C22H26N4O3S/c1-16-15-30-19(23-16)13-21(28)24-9-11-25(12-10-24)22(29)18-6-4-17(5-7-18)14-26-8-2-3-20(26)27/h4-7,15H,2-3,8-14H2,1H3. The van der Waals surface area contributed by atoms with Crippen LogP contribution in [0.5, 0.6) is 0 Å². The summed E-state index contributed by atoms with van der Waals surface area (Å²) in [6.07, 6.45) is 1.88. The summed E-state index contributed by atoms with van der Waals surface area (Å²) < 4.78 is 0. The zero-order chi connectivity index (χ0) is 21.1. The summed E-state index contributed by atoms with van der Waals surface area (Å²) in [5.41, 5.74) is 2.62. The van der Waals surface area contributed by atoms with Crippen LogP contribution in [0, 0.1) is 6.92 Å². The summed E-state index contributed by atoms with van der Waals surface area (Å²) >= 11 is 1.51. The zero-order valence-corrected chi connectivity index (χ0v) is 18.0. The van der Waals surface area contributed by atoms with Crippen LogP contribution in [0.15, 0.2) is 29.6 Å². The van der Waals surface area contributed by atoms with Crippen LogP contribution in [-0.2, 0) is 22.6 Å². The summed E-state index contributed by atoms with van der Waals surface area (Å²) in [5.74, 6) is 0.256. The second-order valence-corrected chi connectivity index (χ2v) is 8.79. The first-order valence-electron chi connectivity index (χ1n) is 10.3. The Labute approximate surface area is 180 Å². The third kappa shape index (κ3) is 4.70. The molecule has 0 unspecified atom stereocenters. The lowest BCUT2D eigenvalue weighted by Gasteiger charge is -2.34. The van der Waals surface area contributed by atoms with Crippen molar-refractivity contribution in [1.29, 1.82) is 0 Å². The minimum absolute atomic E-state index is 0.0125. The van der Waals surface area contributed by atoms with Gasteiger partial charge >= 0.3 is 0 Å². The van der Waals surface area contributed by atoms with E-state index in [-0.39, 0.29) is 17.7 Å². The summed E-state index contributed by atoms with van der Waals surface area (Å²) in [6, 6.07) is 7.52. The van der Waals surface area contributed by atoms with Crippen LogP contribution < -0.4 is 0 Å². The Hall–Kier alpha value is -2.74. The molecule has 30 heavy (non-hydrogen) atoms. The second kappa shape index (κ2) is 8.95. The quantitative estimate of drug-likeness (QED) is 0.734. The van der Waals surface area contributed by atoms with Gasteiger partial charge in [0, 0.05) is 62.3 Å². The van der Waals surface area contributed by atoms with Crippen LogP contribution in [0.3, 0.4) is 0 Å². The van der Waals surface area contributed by atoms with Gasteiger partial charge in [0.05, 0.1) is 6.42 Å². The molecular formula is C22H26N4O3S. The molecule has 158 valence electrons. The van der Waals surface area contributed by atoms with Gasteiger partial charge in [-0.15, -0.1) is 11.3 Å². The SMILES string of the molecule is Cc1csc(CC(=O)N2CCN(C(=O)c3ccc(CN4CCCC4=O)cc3)CC2)n1. The fourth-order valence-electron chi connectivity index (χ4n) is 3.91. The van der Waals surface area contributed by atoms with Crippen molar-refractivity contribution in [2.24, 2.45) is 0 Å². The minimum Gasteiger partial charge on any atom is -0.339 e. The lowest BCUT2D eigenvalue weighted by atomic mass is 10.1. The topological polar surface area (TPSA) is 73.8 Å². The Balaban J connectivity index is 1.28. The molecule has 0 N–H and O–H groups in total. The minimum atomic E-state index is -0.0125. The van der Waals surface area contributed by atoms with Crippen molar-refractivity contribution >= 4 is 29.1 Å². The maximum absolute atomic E-state index is 12.8. The van der Waals surface area contributed by atoms with E-state index in [1.807, 2.05) is 46.4 Å². The maximum atomic E-state index is 12.8. The number of nitrogens with zero attached hydrogens (tertiary/aromatic N) is 4. The number of aromatic nitrogens is 1. The lowest BCUT2D eigenvalue weighted by molar-refractivity contribution is -0.132. The predicted molar refractivity (Wildman–Crippen MR) is 114 cm³/mol. The number of piperazine rings is 1. The van der Waals surface area contributed by atoms with Crippen molar-refractivity contribution in [3.05, 3.63) is 51.5 Å². The Kier molecular flexibility index (Phi) is 6.13. The van der Waals surface area contributed by atoms with Gasteiger partial charge in [0.2, 0.25) is 11.8 Å². The Morgan fingerprint density at radius 2 is 1.73 bits per heavy atom. The van der Waals surface area contributed by atoms with E-state index >= 15 is 0 Å². The van der Waals surface area contributed by atoms with Gasteiger partial charge in [-0.05, 0) is 31.0 Å². The molecule has 0 bridgehead atoms. The molecule has 4 rings (SSSR count). The molecule has 2 aliphatic rings. The number of benzene rings is 1. The molecule has 2 aromatic rings. The van der Waals surface area contributed by atoms with Gasteiger partial charge in [-0.3, -0.25) is 14.4 Å². The van der Waals surface area contributed by atoms with Gasteiger partial charge in [0.25, 0.3) is 5.91 Å². The van der Waals surface area contributed by atoms with Gasteiger partial charge in [0.1, 0.15) is 5.01 Å². The molecule has 8 heteroatoms. The fourth-order valence-corrected chi connectivity index (χ4v) is 4.67. The van der Waals surface area contributed by atoms with Gasteiger partial charge in [-0.25, -0.2) is 4.98 Å². The first-order chi connectivity index (χ1) is 14.5. The van der Waals surface area contributed by atoms with Crippen molar-refractivity contribution in [3.8, 4) is 0 Å². The molecule has 3 amide bonds. The van der Waals surface area contributed by atoms with Gasteiger partial charge in [0.15, 0.2) is 0 Å². The van der Waals surface area contributed by atoms with Gasteiger partial charge in [-0.2, -0.15) is 0 Å². The van der Waals surface area contributed by atoms with E-state index in [2.05, 4.69) is 4.98 Å².